The number of amides is 2. The molecule has 1 rings (SSSR count). The largest absolute Gasteiger partial charge is 0.497 e. The summed E-state index contributed by atoms with van der Waals surface area (Å²) in [6, 6.07) is 7.11. The second-order valence-electron chi connectivity index (χ2n) is 6.06. The number of hydrogen-bond donors (Lipinski definition) is 2. The maximum atomic E-state index is 12.3. The predicted molar refractivity (Wildman–Crippen MR) is 88.5 cm³/mol. The van der Waals surface area contributed by atoms with Crippen molar-refractivity contribution in [3.8, 4) is 5.75 Å². The average molecular weight is 322 g/mol. The van der Waals surface area contributed by atoms with E-state index in [0.717, 1.165) is 11.3 Å². The first-order chi connectivity index (χ1) is 10.8. The lowest BCUT2D eigenvalue weighted by Crippen LogP contribution is -2.43. The SMILES string of the molecule is COc1ccc(C(NC(=O)N(C)CC(C)C(=O)O)C(C)C)cc1. The molecule has 0 aliphatic carbocycles. The number of carbonyl (C=O) groups excluding carboxylic acids is 1. The Labute approximate surface area is 137 Å². The van der Waals surface area contributed by atoms with Crippen LogP contribution in [0.25, 0.3) is 0 Å². The number of rotatable bonds is 7. The van der Waals surface area contributed by atoms with Crippen molar-refractivity contribution >= 4 is 12.0 Å². The molecule has 0 saturated carbocycles. The molecule has 1 aromatic rings. The molecule has 0 saturated heterocycles. The van der Waals surface area contributed by atoms with E-state index < -0.39 is 11.9 Å². The summed E-state index contributed by atoms with van der Waals surface area (Å²) in [5.41, 5.74) is 0.980. The first-order valence-corrected chi connectivity index (χ1v) is 7.64. The summed E-state index contributed by atoms with van der Waals surface area (Å²) in [7, 11) is 3.20. The van der Waals surface area contributed by atoms with Gasteiger partial charge in [-0.3, -0.25) is 4.79 Å². The number of methoxy groups -OCH3 is 1. The van der Waals surface area contributed by atoms with Crippen molar-refractivity contribution in [3.05, 3.63) is 29.8 Å². The number of carbonyl (C=O) groups is 2. The fourth-order valence-electron chi connectivity index (χ4n) is 2.26. The Morgan fingerprint density at radius 1 is 1.22 bits per heavy atom. The van der Waals surface area contributed by atoms with Crippen LogP contribution in [0, 0.1) is 11.8 Å². The standard InChI is InChI=1S/C17H26N2O4/c1-11(2)15(13-6-8-14(23-5)9-7-13)18-17(22)19(4)10-12(3)16(20)21/h6-9,11-12,15H,10H2,1-5H3,(H,18,22)(H,20,21). The fourth-order valence-corrected chi connectivity index (χ4v) is 2.26. The van der Waals surface area contributed by atoms with Gasteiger partial charge in [-0.25, -0.2) is 4.79 Å². The van der Waals surface area contributed by atoms with Gasteiger partial charge in [0.05, 0.1) is 19.1 Å². The van der Waals surface area contributed by atoms with Gasteiger partial charge in [0.2, 0.25) is 0 Å². The van der Waals surface area contributed by atoms with Crippen molar-refractivity contribution in [1.82, 2.24) is 10.2 Å². The van der Waals surface area contributed by atoms with Gasteiger partial charge in [-0.15, -0.1) is 0 Å². The van der Waals surface area contributed by atoms with E-state index >= 15 is 0 Å². The molecular weight excluding hydrogens is 296 g/mol. The van der Waals surface area contributed by atoms with Crippen LogP contribution in [0.1, 0.15) is 32.4 Å². The van der Waals surface area contributed by atoms with Gasteiger partial charge in [-0.1, -0.05) is 32.9 Å². The average Bonchev–Trinajstić information content (AvgIpc) is 2.51. The van der Waals surface area contributed by atoms with E-state index in [9.17, 15) is 9.59 Å². The first-order valence-electron chi connectivity index (χ1n) is 7.64. The summed E-state index contributed by atoms with van der Waals surface area (Å²) in [4.78, 5) is 24.6. The van der Waals surface area contributed by atoms with Crippen LogP contribution in [0.15, 0.2) is 24.3 Å². The van der Waals surface area contributed by atoms with E-state index in [1.54, 1.807) is 21.1 Å². The summed E-state index contributed by atoms with van der Waals surface area (Å²) in [5, 5.41) is 11.9. The van der Waals surface area contributed by atoms with Crippen LogP contribution < -0.4 is 10.1 Å². The van der Waals surface area contributed by atoms with Crippen LogP contribution in [-0.2, 0) is 4.79 Å². The Morgan fingerprint density at radius 3 is 2.22 bits per heavy atom. The van der Waals surface area contributed by atoms with Crippen molar-refractivity contribution in [2.45, 2.75) is 26.8 Å². The van der Waals surface area contributed by atoms with Gasteiger partial charge in [-0.2, -0.15) is 0 Å². The van der Waals surface area contributed by atoms with Gasteiger partial charge >= 0.3 is 12.0 Å². The first kappa shape index (κ1) is 18.8. The zero-order valence-corrected chi connectivity index (χ0v) is 14.4. The molecule has 2 atom stereocenters. The minimum Gasteiger partial charge on any atom is -0.497 e. The maximum absolute atomic E-state index is 12.3. The molecule has 1 aromatic carbocycles. The van der Waals surface area contributed by atoms with Crippen molar-refractivity contribution in [2.75, 3.05) is 20.7 Å². The normalized spacial score (nSPS) is 13.3. The van der Waals surface area contributed by atoms with Crippen molar-refractivity contribution in [1.29, 1.82) is 0 Å². The molecule has 0 bridgehead atoms. The molecular formula is C17H26N2O4. The minimum atomic E-state index is -0.916. The molecule has 0 fully saturated rings. The van der Waals surface area contributed by atoms with E-state index in [2.05, 4.69) is 5.32 Å². The number of nitrogens with one attached hydrogen (secondary N) is 1. The molecule has 6 heteroatoms. The topological polar surface area (TPSA) is 78.9 Å². The Balaban J connectivity index is 2.78. The molecule has 0 aliphatic heterocycles. The third kappa shape index (κ3) is 5.47. The molecule has 6 nitrogen and oxygen atoms in total. The number of benzene rings is 1. The summed E-state index contributed by atoms with van der Waals surface area (Å²) >= 11 is 0. The molecule has 2 unspecified atom stereocenters. The smallest absolute Gasteiger partial charge is 0.317 e. The van der Waals surface area contributed by atoms with Gasteiger partial charge < -0.3 is 20.1 Å². The summed E-state index contributed by atoms with van der Waals surface area (Å²) in [6.45, 7) is 5.79. The molecule has 2 N–H and O–H groups in total. The van der Waals surface area contributed by atoms with Gasteiger partial charge in [0.15, 0.2) is 0 Å². The second kappa shape index (κ2) is 8.41. The highest BCUT2D eigenvalue weighted by atomic mass is 16.5. The Kier molecular flexibility index (Phi) is 6.88. The van der Waals surface area contributed by atoms with Crippen LogP contribution in [0.5, 0.6) is 5.75 Å². The van der Waals surface area contributed by atoms with E-state index in [1.807, 2.05) is 38.1 Å². The Hall–Kier alpha value is -2.24. The number of ether oxygens (including phenoxy) is 1. The summed E-state index contributed by atoms with van der Waals surface area (Å²) in [5.74, 6) is -0.572. The summed E-state index contributed by atoms with van der Waals surface area (Å²) in [6.07, 6.45) is 0. The monoisotopic (exact) mass is 322 g/mol. The van der Waals surface area contributed by atoms with Gasteiger partial charge in [-0.05, 0) is 23.6 Å². The number of urea groups is 1. The van der Waals surface area contributed by atoms with Gasteiger partial charge in [0.1, 0.15) is 5.75 Å². The molecule has 0 aliphatic rings. The van der Waals surface area contributed by atoms with E-state index in [0.29, 0.717) is 0 Å². The minimum absolute atomic E-state index is 0.156. The van der Waals surface area contributed by atoms with Crippen molar-refractivity contribution < 1.29 is 19.4 Å². The third-order valence-electron chi connectivity index (χ3n) is 3.74. The highest BCUT2D eigenvalue weighted by Gasteiger charge is 2.22. The molecule has 2 amide bonds. The lowest BCUT2D eigenvalue weighted by molar-refractivity contribution is -0.141. The van der Waals surface area contributed by atoms with E-state index in [4.69, 9.17) is 9.84 Å². The Morgan fingerprint density at radius 2 is 1.78 bits per heavy atom. The molecule has 0 radical (unpaired) electrons. The third-order valence-corrected chi connectivity index (χ3v) is 3.74. The van der Waals surface area contributed by atoms with E-state index in [1.165, 1.54) is 4.90 Å². The predicted octanol–water partition coefficient (Wildman–Crippen LogP) is 2.75. The maximum Gasteiger partial charge on any atom is 0.317 e. The zero-order valence-electron chi connectivity index (χ0n) is 14.4. The van der Waals surface area contributed by atoms with Crippen LogP contribution >= 0.6 is 0 Å². The number of hydrogen-bond acceptors (Lipinski definition) is 3. The molecule has 128 valence electrons. The van der Waals surface area contributed by atoms with Crippen molar-refractivity contribution in [3.63, 3.8) is 0 Å². The fraction of sp³-hybridized carbons (Fsp3) is 0.529. The number of nitrogens with zero attached hydrogens (tertiary/aromatic N) is 1. The second-order valence-corrected chi connectivity index (χ2v) is 6.06. The van der Waals surface area contributed by atoms with Crippen LogP contribution in [-0.4, -0.2) is 42.7 Å². The van der Waals surface area contributed by atoms with Gasteiger partial charge in [0.25, 0.3) is 0 Å². The summed E-state index contributed by atoms with van der Waals surface area (Å²) < 4.78 is 5.14. The quantitative estimate of drug-likeness (QED) is 0.809. The molecule has 23 heavy (non-hydrogen) atoms. The van der Waals surface area contributed by atoms with Crippen LogP contribution in [0.4, 0.5) is 4.79 Å². The highest BCUT2D eigenvalue weighted by molar-refractivity contribution is 5.76. The van der Waals surface area contributed by atoms with E-state index in [-0.39, 0.29) is 24.5 Å². The zero-order chi connectivity index (χ0) is 17.6. The molecule has 0 aromatic heterocycles. The van der Waals surface area contributed by atoms with Crippen molar-refractivity contribution in [2.24, 2.45) is 11.8 Å². The number of aliphatic carboxylic acids is 1. The lowest BCUT2D eigenvalue weighted by Gasteiger charge is -2.27. The number of carboxylic acids is 1. The molecule has 0 spiro atoms. The highest BCUT2D eigenvalue weighted by Crippen LogP contribution is 2.24. The number of carboxylic acid groups (broad SMARTS) is 1. The van der Waals surface area contributed by atoms with Gasteiger partial charge in [0, 0.05) is 13.6 Å². The molecule has 0 heterocycles. The van der Waals surface area contributed by atoms with Crippen LogP contribution in [0.3, 0.4) is 0 Å². The lowest BCUT2D eigenvalue weighted by atomic mass is 9.96. The van der Waals surface area contributed by atoms with Crippen LogP contribution in [0.2, 0.25) is 0 Å². The Bertz CT molecular complexity index is 528.